The molecule has 0 spiro atoms. The van der Waals surface area contributed by atoms with Gasteiger partial charge < -0.3 is 14.8 Å². The maximum absolute atomic E-state index is 12.2. The minimum Gasteiger partial charge on any atom is -0.465 e. The minimum atomic E-state index is -0.442. The Morgan fingerprint density at radius 1 is 1.00 bits per heavy atom. The first-order valence-electron chi connectivity index (χ1n) is 8.14. The SMILES string of the molecule is COC(=O)c1ccc(COC(=O)C[C@@H](NC(C)=O)c2ccccc2)cc1. The lowest BCUT2D eigenvalue weighted by atomic mass is 10.0. The summed E-state index contributed by atoms with van der Waals surface area (Å²) < 4.78 is 9.91. The van der Waals surface area contributed by atoms with Crippen LogP contribution in [0.4, 0.5) is 0 Å². The number of esters is 2. The molecular formula is C20H21NO5. The first-order chi connectivity index (χ1) is 12.5. The van der Waals surface area contributed by atoms with Crippen LogP contribution in [0, 0.1) is 0 Å². The fourth-order valence-corrected chi connectivity index (χ4v) is 2.43. The normalized spacial score (nSPS) is 11.3. The lowest BCUT2D eigenvalue weighted by molar-refractivity contribution is -0.145. The summed E-state index contributed by atoms with van der Waals surface area (Å²) in [6.45, 7) is 1.49. The molecule has 0 aliphatic rings. The summed E-state index contributed by atoms with van der Waals surface area (Å²) in [6.07, 6.45) is 0.0316. The quantitative estimate of drug-likeness (QED) is 0.773. The van der Waals surface area contributed by atoms with Crippen LogP contribution >= 0.6 is 0 Å². The molecule has 6 nitrogen and oxygen atoms in total. The Balaban J connectivity index is 1.93. The van der Waals surface area contributed by atoms with Crippen molar-refractivity contribution in [3.63, 3.8) is 0 Å². The van der Waals surface area contributed by atoms with E-state index in [4.69, 9.17) is 4.74 Å². The highest BCUT2D eigenvalue weighted by Crippen LogP contribution is 2.18. The number of amides is 1. The van der Waals surface area contributed by atoms with Crippen molar-refractivity contribution in [2.75, 3.05) is 7.11 Å². The van der Waals surface area contributed by atoms with Crippen molar-refractivity contribution in [1.29, 1.82) is 0 Å². The van der Waals surface area contributed by atoms with Gasteiger partial charge in [-0.3, -0.25) is 9.59 Å². The van der Waals surface area contributed by atoms with Gasteiger partial charge in [-0.05, 0) is 23.3 Å². The minimum absolute atomic E-state index is 0.0316. The Morgan fingerprint density at radius 3 is 2.23 bits per heavy atom. The zero-order valence-corrected chi connectivity index (χ0v) is 14.7. The summed E-state index contributed by atoms with van der Waals surface area (Å²) in [6, 6.07) is 15.4. The van der Waals surface area contributed by atoms with Crippen molar-refractivity contribution >= 4 is 17.8 Å². The summed E-state index contributed by atoms with van der Waals surface area (Å²) in [5.74, 6) is -1.07. The first-order valence-corrected chi connectivity index (χ1v) is 8.14. The molecule has 0 saturated heterocycles. The number of methoxy groups -OCH3 is 1. The third-order valence-electron chi connectivity index (χ3n) is 3.73. The molecule has 26 heavy (non-hydrogen) atoms. The van der Waals surface area contributed by atoms with E-state index in [1.807, 2.05) is 30.3 Å². The topological polar surface area (TPSA) is 81.7 Å². The number of benzene rings is 2. The molecule has 1 amide bonds. The van der Waals surface area contributed by atoms with Crippen LogP contribution in [0.25, 0.3) is 0 Å². The monoisotopic (exact) mass is 355 g/mol. The number of hydrogen-bond donors (Lipinski definition) is 1. The summed E-state index contributed by atoms with van der Waals surface area (Å²) in [4.78, 5) is 34.9. The highest BCUT2D eigenvalue weighted by Gasteiger charge is 2.18. The molecule has 6 heteroatoms. The molecule has 2 rings (SSSR count). The van der Waals surface area contributed by atoms with E-state index in [0.29, 0.717) is 5.56 Å². The van der Waals surface area contributed by atoms with Crippen molar-refractivity contribution in [2.24, 2.45) is 0 Å². The van der Waals surface area contributed by atoms with Crippen LogP contribution in [0.5, 0.6) is 0 Å². The van der Waals surface area contributed by atoms with E-state index in [0.717, 1.165) is 11.1 Å². The van der Waals surface area contributed by atoms with Crippen LogP contribution in [0.2, 0.25) is 0 Å². The van der Waals surface area contributed by atoms with Gasteiger partial charge >= 0.3 is 11.9 Å². The number of rotatable bonds is 7. The Labute approximate surface area is 152 Å². The predicted octanol–water partition coefficient (Wildman–Crippen LogP) is 2.78. The molecule has 0 aromatic heterocycles. The molecule has 0 heterocycles. The van der Waals surface area contributed by atoms with Gasteiger partial charge in [0.25, 0.3) is 0 Å². The fraction of sp³-hybridized carbons (Fsp3) is 0.250. The van der Waals surface area contributed by atoms with Crippen molar-refractivity contribution in [2.45, 2.75) is 26.0 Å². The fourth-order valence-electron chi connectivity index (χ4n) is 2.43. The number of hydrogen-bond acceptors (Lipinski definition) is 5. The third-order valence-corrected chi connectivity index (χ3v) is 3.73. The Kier molecular flexibility index (Phi) is 6.91. The summed E-state index contributed by atoms with van der Waals surface area (Å²) in [7, 11) is 1.32. The highest BCUT2D eigenvalue weighted by molar-refractivity contribution is 5.89. The standard InChI is InChI=1S/C20H21NO5/c1-14(22)21-18(16-6-4-3-5-7-16)12-19(23)26-13-15-8-10-17(11-9-15)20(24)25-2/h3-11,18H,12-13H2,1-2H3,(H,21,22)/t18-/m1/s1. The zero-order chi connectivity index (χ0) is 18.9. The van der Waals surface area contributed by atoms with Gasteiger partial charge in [0.1, 0.15) is 6.61 Å². The van der Waals surface area contributed by atoms with Gasteiger partial charge in [-0.25, -0.2) is 4.79 Å². The zero-order valence-electron chi connectivity index (χ0n) is 14.7. The van der Waals surface area contributed by atoms with Crippen molar-refractivity contribution in [3.05, 3.63) is 71.3 Å². The van der Waals surface area contributed by atoms with Crippen LogP contribution in [0.15, 0.2) is 54.6 Å². The molecular weight excluding hydrogens is 334 g/mol. The lowest BCUT2D eigenvalue weighted by Gasteiger charge is -2.17. The van der Waals surface area contributed by atoms with Crippen molar-refractivity contribution in [3.8, 4) is 0 Å². The van der Waals surface area contributed by atoms with Gasteiger partial charge in [0.05, 0.1) is 25.1 Å². The molecule has 2 aromatic rings. The second-order valence-electron chi connectivity index (χ2n) is 5.72. The van der Waals surface area contributed by atoms with E-state index in [1.165, 1.54) is 14.0 Å². The van der Waals surface area contributed by atoms with E-state index >= 15 is 0 Å². The van der Waals surface area contributed by atoms with Gasteiger partial charge in [0, 0.05) is 6.92 Å². The summed E-state index contributed by atoms with van der Waals surface area (Å²) in [5.41, 5.74) is 2.02. The second kappa shape index (κ2) is 9.36. The van der Waals surface area contributed by atoms with Crippen molar-refractivity contribution < 1.29 is 23.9 Å². The molecule has 0 unspecified atom stereocenters. The van der Waals surface area contributed by atoms with Gasteiger partial charge in [-0.1, -0.05) is 42.5 Å². The van der Waals surface area contributed by atoms with E-state index in [-0.39, 0.29) is 18.9 Å². The van der Waals surface area contributed by atoms with Crippen LogP contribution in [0.1, 0.15) is 40.9 Å². The molecule has 0 aliphatic heterocycles. The Morgan fingerprint density at radius 2 is 1.65 bits per heavy atom. The summed E-state index contributed by atoms with van der Waals surface area (Å²) >= 11 is 0. The van der Waals surface area contributed by atoms with Gasteiger partial charge in [-0.15, -0.1) is 0 Å². The number of carbonyl (C=O) groups excluding carboxylic acids is 3. The average Bonchev–Trinajstić information content (AvgIpc) is 2.66. The molecule has 0 saturated carbocycles. The van der Waals surface area contributed by atoms with E-state index in [1.54, 1.807) is 24.3 Å². The summed E-state index contributed by atoms with van der Waals surface area (Å²) in [5, 5.41) is 2.76. The smallest absolute Gasteiger partial charge is 0.337 e. The lowest BCUT2D eigenvalue weighted by Crippen LogP contribution is -2.28. The molecule has 0 bridgehead atoms. The number of nitrogens with one attached hydrogen (secondary N) is 1. The Bertz CT molecular complexity index is 756. The van der Waals surface area contributed by atoms with Gasteiger partial charge in [0.15, 0.2) is 0 Å². The largest absolute Gasteiger partial charge is 0.465 e. The number of ether oxygens (including phenoxy) is 2. The van der Waals surface area contributed by atoms with Crippen LogP contribution in [-0.2, 0) is 25.7 Å². The van der Waals surface area contributed by atoms with Gasteiger partial charge in [-0.2, -0.15) is 0 Å². The molecule has 0 aliphatic carbocycles. The van der Waals surface area contributed by atoms with E-state index in [2.05, 4.69) is 10.1 Å². The average molecular weight is 355 g/mol. The molecule has 2 aromatic carbocycles. The third kappa shape index (κ3) is 5.73. The maximum atomic E-state index is 12.2. The number of carbonyl (C=O) groups is 3. The predicted molar refractivity (Wildman–Crippen MR) is 95.2 cm³/mol. The van der Waals surface area contributed by atoms with E-state index < -0.39 is 18.0 Å². The van der Waals surface area contributed by atoms with E-state index in [9.17, 15) is 14.4 Å². The van der Waals surface area contributed by atoms with Crippen LogP contribution < -0.4 is 5.32 Å². The molecule has 1 N–H and O–H groups in total. The molecule has 0 fully saturated rings. The van der Waals surface area contributed by atoms with Crippen LogP contribution in [-0.4, -0.2) is 25.0 Å². The Hall–Kier alpha value is -3.15. The first kappa shape index (κ1) is 19.2. The maximum Gasteiger partial charge on any atom is 0.337 e. The van der Waals surface area contributed by atoms with Crippen molar-refractivity contribution in [1.82, 2.24) is 5.32 Å². The van der Waals surface area contributed by atoms with Gasteiger partial charge in [0.2, 0.25) is 5.91 Å². The highest BCUT2D eigenvalue weighted by atomic mass is 16.5. The molecule has 136 valence electrons. The second-order valence-corrected chi connectivity index (χ2v) is 5.72. The van der Waals surface area contributed by atoms with Crippen LogP contribution in [0.3, 0.4) is 0 Å². The molecule has 0 radical (unpaired) electrons. The molecule has 1 atom stereocenters.